The summed E-state index contributed by atoms with van der Waals surface area (Å²) in [7, 11) is 0. The van der Waals surface area contributed by atoms with Crippen molar-refractivity contribution in [3.05, 3.63) is 65.4 Å². The number of ether oxygens (including phenoxy) is 1. The lowest BCUT2D eigenvalue weighted by atomic mass is 10.0. The SMILES string of the molecule is O=C(CCc1ccc2c(c1)CN(C(=O)c1ccc3cc[nH]c3c1)CCO2)NC1CC1. The van der Waals surface area contributed by atoms with Crippen molar-refractivity contribution in [2.75, 3.05) is 13.2 Å². The van der Waals surface area contributed by atoms with Crippen molar-refractivity contribution < 1.29 is 14.3 Å². The van der Waals surface area contributed by atoms with Crippen LogP contribution in [0.1, 0.15) is 40.7 Å². The van der Waals surface area contributed by atoms with E-state index in [4.69, 9.17) is 4.74 Å². The number of hydrogen-bond donors (Lipinski definition) is 2. The van der Waals surface area contributed by atoms with E-state index in [0.717, 1.165) is 40.6 Å². The zero-order valence-electron chi connectivity index (χ0n) is 16.8. The lowest BCUT2D eigenvalue weighted by Crippen LogP contribution is -2.32. The van der Waals surface area contributed by atoms with E-state index in [1.165, 1.54) is 0 Å². The van der Waals surface area contributed by atoms with E-state index in [0.29, 0.717) is 44.1 Å². The standard InChI is InChI=1S/C24H25N3O3/c28-23(26-20-5-6-20)8-2-16-1-7-22-19(13-16)15-27(11-12-30-22)24(29)18-4-3-17-9-10-25-21(17)14-18/h1,3-4,7,9-10,13-14,20,25H,2,5-6,8,11-12,15H2,(H,26,28). The molecule has 6 nitrogen and oxygen atoms in total. The average molecular weight is 403 g/mol. The number of hydrogen-bond acceptors (Lipinski definition) is 3. The molecule has 1 fully saturated rings. The molecule has 0 unspecified atom stereocenters. The highest BCUT2D eigenvalue weighted by molar-refractivity contribution is 5.98. The molecule has 3 aromatic rings. The van der Waals surface area contributed by atoms with Crippen LogP contribution in [0.25, 0.3) is 10.9 Å². The molecule has 0 spiro atoms. The number of aromatic amines is 1. The number of nitrogens with one attached hydrogen (secondary N) is 2. The van der Waals surface area contributed by atoms with Gasteiger partial charge in [0.05, 0.1) is 6.54 Å². The first-order valence-electron chi connectivity index (χ1n) is 10.6. The largest absolute Gasteiger partial charge is 0.491 e. The number of amides is 2. The number of H-pyrrole nitrogens is 1. The first-order chi connectivity index (χ1) is 14.7. The van der Waals surface area contributed by atoms with Crippen molar-refractivity contribution >= 4 is 22.7 Å². The molecule has 30 heavy (non-hydrogen) atoms. The molecule has 0 bridgehead atoms. The molecule has 1 aliphatic carbocycles. The Hall–Kier alpha value is -3.28. The van der Waals surface area contributed by atoms with Crippen molar-refractivity contribution in [2.45, 2.75) is 38.3 Å². The zero-order chi connectivity index (χ0) is 20.5. The molecular weight excluding hydrogens is 378 g/mol. The van der Waals surface area contributed by atoms with Crippen molar-refractivity contribution in [3.63, 3.8) is 0 Å². The molecule has 2 heterocycles. The van der Waals surface area contributed by atoms with Crippen molar-refractivity contribution in [3.8, 4) is 5.75 Å². The highest BCUT2D eigenvalue weighted by atomic mass is 16.5. The molecule has 2 aliphatic rings. The topological polar surface area (TPSA) is 74.4 Å². The van der Waals surface area contributed by atoms with Crippen LogP contribution in [0, 0.1) is 0 Å². The third kappa shape index (κ3) is 4.03. The third-order valence-corrected chi connectivity index (χ3v) is 5.78. The summed E-state index contributed by atoms with van der Waals surface area (Å²) in [4.78, 5) is 30.1. The van der Waals surface area contributed by atoms with Gasteiger partial charge in [0, 0.05) is 41.8 Å². The van der Waals surface area contributed by atoms with Gasteiger partial charge in [-0.15, -0.1) is 0 Å². The molecule has 1 aliphatic heterocycles. The van der Waals surface area contributed by atoms with Gasteiger partial charge < -0.3 is 19.9 Å². The lowest BCUT2D eigenvalue weighted by Gasteiger charge is -2.20. The second kappa shape index (κ2) is 7.86. The average Bonchev–Trinajstić information content (AvgIpc) is 3.49. The molecule has 2 amide bonds. The van der Waals surface area contributed by atoms with Crippen molar-refractivity contribution in [2.24, 2.45) is 0 Å². The fourth-order valence-electron chi connectivity index (χ4n) is 3.93. The fourth-order valence-corrected chi connectivity index (χ4v) is 3.93. The fraction of sp³-hybridized carbons (Fsp3) is 0.333. The van der Waals surface area contributed by atoms with E-state index in [1.807, 2.05) is 47.5 Å². The number of carbonyl (C=O) groups is 2. The molecule has 0 saturated heterocycles. The number of aryl methyl sites for hydroxylation is 1. The van der Waals surface area contributed by atoms with E-state index in [-0.39, 0.29) is 11.8 Å². The minimum atomic E-state index is -0.00263. The molecular formula is C24H25N3O3. The summed E-state index contributed by atoms with van der Waals surface area (Å²) in [6.07, 6.45) is 5.24. The Morgan fingerprint density at radius 2 is 2.03 bits per heavy atom. The second-order valence-corrected chi connectivity index (χ2v) is 8.14. The maximum Gasteiger partial charge on any atom is 0.254 e. The molecule has 6 heteroatoms. The second-order valence-electron chi connectivity index (χ2n) is 8.14. The summed E-state index contributed by atoms with van der Waals surface area (Å²) in [6.45, 7) is 1.50. The van der Waals surface area contributed by atoms with Crippen LogP contribution in [-0.4, -0.2) is 40.9 Å². The Morgan fingerprint density at radius 1 is 1.13 bits per heavy atom. The quantitative estimate of drug-likeness (QED) is 0.686. The van der Waals surface area contributed by atoms with E-state index in [9.17, 15) is 9.59 Å². The van der Waals surface area contributed by atoms with Crippen LogP contribution in [0.3, 0.4) is 0 Å². The Morgan fingerprint density at radius 3 is 2.90 bits per heavy atom. The number of aromatic nitrogens is 1. The van der Waals surface area contributed by atoms with Gasteiger partial charge in [-0.25, -0.2) is 0 Å². The summed E-state index contributed by atoms with van der Waals surface area (Å²) in [6, 6.07) is 14.2. The Balaban J connectivity index is 1.30. The normalized spacial score (nSPS) is 15.9. The van der Waals surface area contributed by atoms with Crippen LogP contribution in [0.4, 0.5) is 0 Å². The third-order valence-electron chi connectivity index (χ3n) is 5.78. The Labute approximate surface area is 175 Å². The molecule has 1 aromatic heterocycles. The summed E-state index contributed by atoms with van der Waals surface area (Å²) in [5.41, 5.74) is 3.70. The molecule has 5 rings (SSSR count). The van der Waals surface area contributed by atoms with Crippen LogP contribution in [-0.2, 0) is 17.8 Å². The number of rotatable bonds is 5. The molecule has 154 valence electrons. The number of nitrogens with zero attached hydrogens (tertiary/aromatic N) is 1. The summed E-state index contributed by atoms with van der Waals surface area (Å²) >= 11 is 0. The Bertz CT molecular complexity index is 1100. The minimum absolute atomic E-state index is 0.00263. The molecule has 0 radical (unpaired) electrons. The Kier molecular flexibility index (Phi) is 4.91. The highest BCUT2D eigenvalue weighted by Crippen LogP contribution is 2.26. The van der Waals surface area contributed by atoms with E-state index in [2.05, 4.69) is 16.4 Å². The van der Waals surface area contributed by atoms with Gasteiger partial charge in [-0.1, -0.05) is 18.2 Å². The molecule has 2 N–H and O–H groups in total. The van der Waals surface area contributed by atoms with E-state index in [1.54, 1.807) is 0 Å². The lowest BCUT2D eigenvalue weighted by molar-refractivity contribution is -0.121. The minimum Gasteiger partial charge on any atom is -0.491 e. The van der Waals surface area contributed by atoms with Crippen LogP contribution >= 0.6 is 0 Å². The molecule has 2 aromatic carbocycles. The first kappa shape index (κ1) is 18.7. The van der Waals surface area contributed by atoms with Crippen LogP contribution < -0.4 is 10.1 Å². The maximum atomic E-state index is 13.1. The highest BCUT2D eigenvalue weighted by Gasteiger charge is 2.24. The van der Waals surface area contributed by atoms with Gasteiger partial charge in [0.15, 0.2) is 0 Å². The van der Waals surface area contributed by atoms with Crippen LogP contribution in [0.5, 0.6) is 5.75 Å². The smallest absolute Gasteiger partial charge is 0.254 e. The predicted octanol–water partition coefficient (Wildman–Crippen LogP) is 3.41. The predicted molar refractivity (Wildman–Crippen MR) is 114 cm³/mol. The summed E-state index contributed by atoms with van der Waals surface area (Å²) in [5.74, 6) is 0.925. The zero-order valence-corrected chi connectivity index (χ0v) is 16.8. The van der Waals surface area contributed by atoms with Gasteiger partial charge in [0.25, 0.3) is 5.91 Å². The molecule has 1 saturated carbocycles. The summed E-state index contributed by atoms with van der Waals surface area (Å²) in [5, 5.41) is 4.12. The first-order valence-corrected chi connectivity index (χ1v) is 10.6. The van der Waals surface area contributed by atoms with Crippen LogP contribution in [0.15, 0.2) is 48.7 Å². The van der Waals surface area contributed by atoms with Crippen molar-refractivity contribution in [1.29, 1.82) is 0 Å². The van der Waals surface area contributed by atoms with E-state index < -0.39 is 0 Å². The van der Waals surface area contributed by atoms with Gasteiger partial charge >= 0.3 is 0 Å². The number of carbonyl (C=O) groups excluding carboxylic acids is 2. The van der Waals surface area contributed by atoms with Gasteiger partial charge in [-0.3, -0.25) is 9.59 Å². The van der Waals surface area contributed by atoms with Gasteiger partial charge in [0.2, 0.25) is 5.91 Å². The maximum absolute atomic E-state index is 13.1. The van der Waals surface area contributed by atoms with Crippen molar-refractivity contribution in [1.82, 2.24) is 15.2 Å². The molecule has 0 atom stereocenters. The van der Waals surface area contributed by atoms with Gasteiger partial charge in [-0.2, -0.15) is 0 Å². The van der Waals surface area contributed by atoms with E-state index >= 15 is 0 Å². The van der Waals surface area contributed by atoms with Gasteiger partial charge in [0.1, 0.15) is 12.4 Å². The van der Waals surface area contributed by atoms with Crippen LogP contribution in [0.2, 0.25) is 0 Å². The summed E-state index contributed by atoms with van der Waals surface area (Å²) < 4.78 is 5.88. The number of benzene rings is 2. The van der Waals surface area contributed by atoms with Gasteiger partial charge in [-0.05, 0) is 54.5 Å². The number of fused-ring (bicyclic) bond motifs is 2. The monoisotopic (exact) mass is 403 g/mol.